The van der Waals surface area contributed by atoms with Crippen LogP contribution in [0.4, 0.5) is 4.39 Å². The quantitative estimate of drug-likeness (QED) is 0.433. The molecule has 1 amide bonds. The highest BCUT2D eigenvalue weighted by molar-refractivity contribution is 6.10. The number of halogens is 1. The van der Waals surface area contributed by atoms with Gasteiger partial charge in [-0.3, -0.25) is 14.8 Å². The molecule has 32 heavy (non-hydrogen) atoms. The lowest BCUT2D eigenvalue weighted by Gasteiger charge is -2.08. The first-order chi connectivity index (χ1) is 15.5. The lowest BCUT2D eigenvalue weighted by molar-refractivity contribution is 0.0951. The zero-order valence-electron chi connectivity index (χ0n) is 17.8. The van der Waals surface area contributed by atoms with E-state index in [-0.39, 0.29) is 18.1 Å². The summed E-state index contributed by atoms with van der Waals surface area (Å²) in [5.74, 6) is -0.648. The molecule has 0 bridgehead atoms. The number of hydrogen-bond acceptors (Lipinski definition) is 3. The molecule has 5 aromatic rings. The molecule has 1 N–H and O–H groups in total. The summed E-state index contributed by atoms with van der Waals surface area (Å²) in [7, 11) is 1.99. The molecule has 5 nitrogen and oxygen atoms in total. The molecule has 6 heteroatoms. The van der Waals surface area contributed by atoms with Crippen LogP contribution in [0.1, 0.15) is 21.6 Å². The van der Waals surface area contributed by atoms with E-state index >= 15 is 0 Å². The number of rotatable bonds is 4. The standard InChI is InChI=1S/C26H21FN4O/c1-16-11-18(9-10-28-16)25-22(27)12-17(14-29-25)15-30-26(32)19-7-8-21-20-5-3-4-6-23(20)31(2)24(21)13-19/h3-14H,15H2,1-2H3,(H,30,32). The van der Waals surface area contributed by atoms with Crippen molar-refractivity contribution in [2.24, 2.45) is 7.05 Å². The number of carbonyl (C=O) groups excluding carboxylic acids is 1. The second-order valence-electron chi connectivity index (χ2n) is 7.85. The van der Waals surface area contributed by atoms with Crippen LogP contribution >= 0.6 is 0 Å². The Morgan fingerprint density at radius 1 is 1.00 bits per heavy atom. The van der Waals surface area contributed by atoms with Crippen LogP contribution in [0.15, 0.2) is 73.1 Å². The number of pyridine rings is 2. The van der Waals surface area contributed by atoms with Crippen LogP contribution in [0.3, 0.4) is 0 Å². The minimum atomic E-state index is -0.431. The Bertz CT molecular complexity index is 1490. The molecule has 0 radical (unpaired) electrons. The highest BCUT2D eigenvalue weighted by Crippen LogP contribution is 2.28. The van der Waals surface area contributed by atoms with E-state index < -0.39 is 5.82 Å². The fourth-order valence-electron chi connectivity index (χ4n) is 4.07. The maximum Gasteiger partial charge on any atom is 0.251 e. The molecule has 0 unspecified atom stereocenters. The molecule has 0 spiro atoms. The third-order valence-electron chi connectivity index (χ3n) is 5.70. The van der Waals surface area contributed by atoms with Gasteiger partial charge in [0.25, 0.3) is 5.91 Å². The number of benzene rings is 2. The Hall–Kier alpha value is -4.06. The minimum absolute atomic E-state index is 0.186. The van der Waals surface area contributed by atoms with Gasteiger partial charge in [-0.05, 0) is 48.9 Å². The molecule has 0 aliphatic heterocycles. The van der Waals surface area contributed by atoms with E-state index in [2.05, 4.69) is 32.0 Å². The van der Waals surface area contributed by atoms with E-state index in [1.165, 1.54) is 6.07 Å². The van der Waals surface area contributed by atoms with Crippen LogP contribution in [-0.4, -0.2) is 20.4 Å². The smallest absolute Gasteiger partial charge is 0.251 e. The predicted molar refractivity (Wildman–Crippen MR) is 124 cm³/mol. The van der Waals surface area contributed by atoms with Crippen molar-refractivity contribution in [1.29, 1.82) is 0 Å². The van der Waals surface area contributed by atoms with E-state index in [0.717, 1.165) is 27.5 Å². The first-order valence-electron chi connectivity index (χ1n) is 10.3. The predicted octanol–water partition coefficient (Wildman–Crippen LogP) is 5.17. The van der Waals surface area contributed by atoms with Crippen molar-refractivity contribution in [2.45, 2.75) is 13.5 Å². The average Bonchev–Trinajstić information content (AvgIpc) is 3.09. The second kappa shape index (κ2) is 7.89. The maximum atomic E-state index is 14.6. The molecule has 2 aromatic carbocycles. The monoisotopic (exact) mass is 424 g/mol. The Morgan fingerprint density at radius 3 is 2.62 bits per heavy atom. The van der Waals surface area contributed by atoms with Gasteiger partial charge in [-0.2, -0.15) is 0 Å². The van der Waals surface area contributed by atoms with Crippen molar-refractivity contribution in [1.82, 2.24) is 19.9 Å². The number of fused-ring (bicyclic) bond motifs is 3. The third kappa shape index (κ3) is 3.50. The van der Waals surface area contributed by atoms with Gasteiger partial charge in [0.05, 0.1) is 0 Å². The third-order valence-corrected chi connectivity index (χ3v) is 5.70. The van der Waals surface area contributed by atoms with Gasteiger partial charge in [-0.25, -0.2) is 4.39 Å². The van der Waals surface area contributed by atoms with Gasteiger partial charge in [0.15, 0.2) is 0 Å². The summed E-state index contributed by atoms with van der Waals surface area (Å²) in [6.45, 7) is 2.03. The average molecular weight is 424 g/mol. The number of aryl methyl sites for hydroxylation is 2. The molecular weight excluding hydrogens is 403 g/mol. The zero-order chi connectivity index (χ0) is 22.2. The number of nitrogens with zero attached hydrogens (tertiary/aromatic N) is 3. The van der Waals surface area contributed by atoms with E-state index in [1.807, 2.05) is 44.3 Å². The van der Waals surface area contributed by atoms with Crippen LogP contribution in [0.5, 0.6) is 0 Å². The maximum absolute atomic E-state index is 14.6. The molecule has 158 valence electrons. The lowest BCUT2D eigenvalue weighted by Crippen LogP contribution is -2.23. The number of nitrogens with one attached hydrogen (secondary N) is 1. The van der Waals surface area contributed by atoms with Crippen molar-refractivity contribution in [3.63, 3.8) is 0 Å². The Labute approximate surface area is 184 Å². The van der Waals surface area contributed by atoms with Crippen molar-refractivity contribution >= 4 is 27.7 Å². The van der Waals surface area contributed by atoms with Crippen molar-refractivity contribution in [2.75, 3.05) is 0 Å². The number of aromatic nitrogens is 3. The Kier molecular flexibility index (Phi) is 4.90. The highest BCUT2D eigenvalue weighted by Gasteiger charge is 2.13. The number of hydrogen-bond donors (Lipinski definition) is 1. The SMILES string of the molecule is Cc1cc(-c2ncc(CNC(=O)c3ccc4c5ccccc5n(C)c4c3)cc2F)ccn1. The molecule has 0 atom stereocenters. The Morgan fingerprint density at radius 2 is 1.81 bits per heavy atom. The largest absolute Gasteiger partial charge is 0.348 e. The first kappa shape index (κ1) is 19.9. The fraction of sp³-hybridized carbons (Fsp3) is 0.115. The molecule has 0 fully saturated rings. The summed E-state index contributed by atoms with van der Waals surface area (Å²) >= 11 is 0. The molecule has 3 aromatic heterocycles. The van der Waals surface area contributed by atoms with Gasteiger partial charge in [-0.1, -0.05) is 24.3 Å². The van der Waals surface area contributed by atoms with Crippen LogP contribution in [-0.2, 0) is 13.6 Å². The van der Waals surface area contributed by atoms with Crippen LogP contribution in [0.25, 0.3) is 33.1 Å². The summed E-state index contributed by atoms with van der Waals surface area (Å²) in [5, 5.41) is 5.12. The van der Waals surface area contributed by atoms with Crippen LogP contribution in [0, 0.1) is 12.7 Å². The lowest BCUT2D eigenvalue weighted by atomic mass is 10.1. The van der Waals surface area contributed by atoms with Gasteiger partial charge in [0, 0.05) is 64.6 Å². The van der Waals surface area contributed by atoms with Gasteiger partial charge < -0.3 is 9.88 Å². The molecule has 0 aliphatic carbocycles. The van der Waals surface area contributed by atoms with Gasteiger partial charge >= 0.3 is 0 Å². The molecule has 0 saturated heterocycles. The molecule has 3 heterocycles. The summed E-state index contributed by atoms with van der Waals surface area (Å²) in [4.78, 5) is 21.1. The molecule has 5 rings (SSSR count). The van der Waals surface area contributed by atoms with E-state index in [0.29, 0.717) is 16.7 Å². The first-order valence-corrected chi connectivity index (χ1v) is 10.3. The normalized spacial score (nSPS) is 11.2. The Balaban J connectivity index is 1.35. The summed E-state index contributed by atoms with van der Waals surface area (Å²) < 4.78 is 16.7. The van der Waals surface area contributed by atoms with Crippen molar-refractivity contribution < 1.29 is 9.18 Å². The molecule has 0 aliphatic rings. The summed E-state index contributed by atoms with van der Waals surface area (Å²) in [6.07, 6.45) is 3.22. The van der Waals surface area contributed by atoms with E-state index in [9.17, 15) is 9.18 Å². The van der Waals surface area contributed by atoms with Crippen molar-refractivity contribution in [3.05, 3.63) is 95.7 Å². The number of amides is 1. The van der Waals surface area contributed by atoms with Gasteiger partial charge in [0.2, 0.25) is 0 Å². The zero-order valence-corrected chi connectivity index (χ0v) is 17.8. The summed E-state index contributed by atoms with van der Waals surface area (Å²) in [6, 6.07) is 18.8. The second-order valence-corrected chi connectivity index (χ2v) is 7.85. The van der Waals surface area contributed by atoms with Crippen molar-refractivity contribution in [3.8, 4) is 11.3 Å². The fourth-order valence-corrected chi connectivity index (χ4v) is 4.07. The topological polar surface area (TPSA) is 59.8 Å². The molecule has 0 saturated carbocycles. The minimum Gasteiger partial charge on any atom is -0.348 e. The van der Waals surface area contributed by atoms with Crippen LogP contribution < -0.4 is 5.32 Å². The van der Waals surface area contributed by atoms with Gasteiger partial charge in [0.1, 0.15) is 11.5 Å². The highest BCUT2D eigenvalue weighted by atomic mass is 19.1. The van der Waals surface area contributed by atoms with Gasteiger partial charge in [-0.15, -0.1) is 0 Å². The van der Waals surface area contributed by atoms with Crippen LogP contribution in [0.2, 0.25) is 0 Å². The molecular formula is C26H21FN4O. The van der Waals surface area contributed by atoms with E-state index in [4.69, 9.17) is 0 Å². The number of carbonyl (C=O) groups is 1. The summed E-state index contributed by atoms with van der Waals surface area (Å²) in [5.41, 5.74) is 5.00. The van der Waals surface area contributed by atoms with E-state index in [1.54, 1.807) is 24.5 Å². The number of para-hydroxylation sites is 1.